The van der Waals surface area contributed by atoms with Gasteiger partial charge in [0.05, 0.1) is 29.6 Å². The zero-order chi connectivity index (χ0) is 20.3. The molecule has 0 radical (unpaired) electrons. The van der Waals surface area contributed by atoms with Crippen molar-refractivity contribution in [2.24, 2.45) is 0 Å². The molecular weight excluding hydrogens is 386 g/mol. The van der Waals surface area contributed by atoms with E-state index in [2.05, 4.69) is 15.8 Å². The maximum absolute atomic E-state index is 12.6. The van der Waals surface area contributed by atoms with E-state index < -0.39 is 24.0 Å². The highest BCUT2D eigenvalue weighted by Gasteiger charge is 2.35. The van der Waals surface area contributed by atoms with Crippen molar-refractivity contribution in [2.75, 3.05) is 13.2 Å². The van der Waals surface area contributed by atoms with Gasteiger partial charge in [0.1, 0.15) is 17.9 Å². The highest BCUT2D eigenvalue weighted by Crippen LogP contribution is 2.30. The first-order valence-electron chi connectivity index (χ1n) is 8.53. The van der Waals surface area contributed by atoms with Crippen LogP contribution in [0.4, 0.5) is 4.79 Å². The number of carbonyl (C=O) groups is 3. The SMILES string of the molecule is CCOC(=O)C1=C(COC(=O)c2c(C)noc2C)NC(=O)N[C@H]1c1cccs1. The second-order valence-corrected chi connectivity index (χ2v) is 6.91. The Balaban J connectivity index is 1.91. The number of rotatable bonds is 6. The molecule has 0 aromatic carbocycles. The van der Waals surface area contributed by atoms with Gasteiger partial charge in [-0.3, -0.25) is 0 Å². The molecule has 10 heteroatoms. The van der Waals surface area contributed by atoms with Crippen LogP contribution in [0, 0.1) is 13.8 Å². The van der Waals surface area contributed by atoms with Crippen LogP contribution in [0.15, 0.2) is 33.3 Å². The van der Waals surface area contributed by atoms with Crippen molar-refractivity contribution in [3.8, 4) is 0 Å². The molecule has 2 aromatic rings. The maximum atomic E-state index is 12.6. The van der Waals surface area contributed by atoms with E-state index in [4.69, 9.17) is 14.0 Å². The summed E-state index contributed by atoms with van der Waals surface area (Å²) in [5.74, 6) is -0.933. The summed E-state index contributed by atoms with van der Waals surface area (Å²) in [6.07, 6.45) is 0. The second-order valence-electron chi connectivity index (χ2n) is 5.93. The molecule has 3 rings (SSSR count). The molecule has 2 amide bonds. The van der Waals surface area contributed by atoms with Gasteiger partial charge in [0.15, 0.2) is 0 Å². The molecule has 0 saturated carbocycles. The zero-order valence-corrected chi connectivity index (χ0v) is 16.3. The Kier molecular flexibility index (Phi) is 5.78. The molecule has 1 atom stereocenters. The van der Waals surface area contributed by atoms with Gasteiger partial charge in [-0.05, 0) is 32.2 Å². The fraction of sp³-hybridized carbons (Fsp3) is 0.333. The molecule has 0 unspecified atom stereocenters. The normalized spacial score (nSPS) is 16.4. The average molecular weight is 405 g/mol. The van der Waals surface area contributed by atoms with E-state index in [-0.39, 0.29) is 30.0 Å². The number of urea groups is 1. The van der Waals surface area contributed by atoms with Gasteiger partial charge in [0.2, 0.25) is 0 Å². The van der Waals surface area contributed by atoms with E-state index in [1.54, 1.807) is 26.8 Å². The van der Waals surface area contributed by atoms with Gasteiger partial charge in [0, 0.05) is 4.88 Å². The monoisotopic (exact) mass is 405 g/mol. The first kappa shape index (κ1) is 19.6. The van der Waals surface area contributed by atoms with Crippen molar-refractivity contribution < 1.29 is 28.4 Å². The average Bonchev–Trinajstić information content (AvgIpc) is 3.29. The molecule has 0 bridgehead atoms. The van der Waals surface area contributed by atoms with Crippen LogP contribution >= 0.6 is 11.3 Å². The van der Waals surface area contributed by atoms with E-state index >= 15 is 0 Å². The highest BCUT2D eigenvalue weighted by molar-refractivity contribution is 7.10. The minimum absolute atomic E-state index is 0.166. The third-order valence-corrected chi connectivity index (χ3v) is 5.00. The first-order chi connectivity index (χ1) is 13.4. The Morgan fingerprint density at radius 3 is 2.68 bits per heavy atom. The van der Waals surface area contributed by atoms with Gasteiger partial charge in [-0.25, -0.2) is 14.4 Å². The maximum Gasteiger partial charge on any atom is 0.344 e. The van der Waals surface area contributed by atoms with Crippen molar-refractivity contribution in [3.63, 3.8) is 0 Å². The zero-order valence-electron chi connectivity index (χ0n) is 15.5. The summed E-state index contributed by atoms with van der Waals surface area (Å²) in [4.78, 5) is 37.8. The van der Waals surface area contributed by atoms with E-state index in [0.29, 0.717) is 11.5 Å². The smallest absolute Gasteiger partial charge is 0.344 e. The van der Waals surface area contributed by atoms with E-state index in [1.165, 1.54) is 11.3 Å². The second kappa shape index (κ2) is 8.26. The van der Waals surface area contributed by atoms with Crippen LogP contribution in [0.5, 0.6) is 0 Å². The number of nitrogens with zero attached hydrogens (tertiary/aromatic N) is 1. The fourth-order valence-electron chi connectivity index (χ4n) is 2.83. The molecular formula is C18H19N3O6S. The third kappa shape index (κ3) is 3.91. The minimum atomic E-state index is -0.694. The quantitative estimate of drug-likeness (QED) is 0.708. The lowest BCUT2D eigenvalue weighted by molar-refractivity contribution is -0.139. The molecule has 0 saturated heterocycles. The van der Waals surface area contributed by atoms with Crippen LogP contribution in [-0.2, 0) is 14.3 Å². The van der Waals surface area contributed by atoms with E-state index in [0.717, 1.165) is 4.88 Å². The summed E-state index contributed by atoms with van der Waals surface area (Å²) in [7, 11) is 0. The summed E-state index contributed by atoms with van der Waals surface area (Å²) >= 11 is 1.39. The Morgan fingerprint density at radius 1 is 1.29 bits per heavy atom. The minimum Gasteiger partial charge on any atom is -0.463 e. The number of hydrogen-bond acceptors (Lipinski definition) is 8. The lowest BCUT2D eigenvalue weighted by Gasteiger charge is -2.28. The van der Waals surface area contributed by atoms with Gasteiger partial charge in [-0.2, -0.15) is 0 Å². The van der Waals surface area contributed by atoms with Gasteiger partial charge < -0.3 is 24.6 Å². The third-order valence-electron chi connectivity index (χ3n) is 4.06. The highest BCUT2D eigenvalue weighted by atomic mass is 32.1. The number of ether oxygens (including phenoxy) is 2. The molecule has 1 aliphatic heterocycles. The lowest BCUT2D eigenvalue weighted by atomic mass is 10.0. The number of thiophene rings is 1. The number of hydrogen-bond donors (Lipinski definition) is 2. The molecule has 2 aromatic heterocycles. The van der Waals surface area contributed by atoms with Crippen LogP contribution in [0.1, 0.15) is 39.7 Å². The number of aryl methyl sites for hydroxylation is 2. The number of nitrogens with one attached hydrogen (secondary N) is 2. The van der Waals surface area contributed by atoms with Gasteiger partial charge in [0.25, 0.3) is 0 Å². The van der Waals surface area contributed by atoms with Crippen LogP contribution in [0.3, 0.4) is 0 Å². The number of carbonyl (C=O) groups excluding carboxylic acids is 3. The van der Waals surface area contributed by atoms with Gasteiger partial charge >= 0.3 is 18.0 Å². The van der Waals surface area contributed by atoms with Crippen molar-refractivity contribution in [3.05, 3.63) is 50.7 Å². The van der Waals surface area contributed by atoms with Crippen LogP contribution in [0.2, 0.25) is 0 Å². The summed E-state index contributed by atoms with van der Waals surface area (Å²) in [5, 5.41) is 10.8. The summed E-state index contributed by atoms with van der Waals surface area (Å²) in [5.41, 5.74) is 0.970. The van der Waals surface area contributed by atoms with Crippen molar-refractivity contribution in [1.82, 2.24) is 15.8 Å². The molecule has 148 valence electrons. The molecule has 0 aliphatic carbocycles. The number of amides is 2. The van der Waals surface area contributed by atoms with Crippen molar-refractivity contribution >= 4 is 29.3 Å². The van der Waals surface area contributed by atoms with Gasteiger partial charge in [-0.15, -0.1) is 11.3 Å². The summed E-state index contributed by atoms with van der Waals surface area (Å²) in [6.45, 7) is 4.76. The molecule has 2 N–H and O–H groups in total. The molecule has 9 nitrogen and oxygen atoms in total. The first-order valence-corrected chi connectivity index (χ1v) is 9.41. The Labute approximate surface area is 164 Å². The molecule has 28 heavy (non-hydrogen) atoms. The Bertz CT molecular complexity index is 912. The number of esters is 2. The van der Waals surface area contributed by atoms with Crippen LogP contribution in [0.25, 0.3) is 0 Å². The fourth-order valence-corrected chi connectivity index (χ4v) is 3.62. The van der Waals surface area contributed by atoms with Crippen molar-refractivity contribution in [1.29, 1.82) is 0 Å². The molecule has 3 heterocycles. The summed E-state index contributed by atoms with van der Waals surface area (Å²) < 4.78 is 15.4. The van der Waals surface area contributed by atoms with Crippen molar-refractivity contribution in [2.45, 2.75) is 26.8 Å². The van der Waals surface area contributed by atoms with E-state index in [1.807, 2.05) is 11.4 Å². The predicted molar refractivity (Wildman–Crippen MR) is 98.6 cm³/mol. The van der Waals surface area contributed by atoms with E-state index in [9.17, 15) is 14.4 Å². The van der Waals surface area contributed by atoms with Gasteiger partial charge in [-0.1, -0.05) is 11.2 Å². The lowest BCUT2D eigenvalue weighted by Crippen LogP contribution is -2.46. The molecule has 0 fully saturated rings. The molecule has 1 aliphatic rings. The topological polar surface area (TPSA) is 120 Å². The number of aromatic nitrogens is 1. The Morgan fingerprint density at radius 2 is 2.07 bits per heavy atom. The largest absolute Gasteiger partial charge is 0.463 e. The van der Waals surface area contributed by atoms with Crippen LogP contribution < -0.4 is 10.6 Å². The Hall–Kier alpha value is -3.14. The van der Waals surface area contributed by atoms with Crippen LogP contribution in [-0.4, -0.2) is 36.3 Å². The summed E-state index contributed by atoms with van der Waals surface area (Å²) in [6, 6.07) is 2.41. The predicted octanol–water partition coefficient (Wildman–Crippen LogP) is 2.38. The molecule has 0 spiro atoms. The standard InChI is InChI=1S/C18H19N3O6S/c1-4-25-17(23)14-11(8-26-16(22)13-9(2)21-27-10(13)3)19-18(24)20-15(14)12-6-5-7-28-12/h5-7,15H,4,8H2,1-3H3,(H2,19,20,24)/t15-/m0/s1.